The molecular weight excluding hydrogens is 580 g/mol. The van der Waals surface area contributed by atoms with Gasteiger partial charge in [-0.05, 0) is 51.5 Å². The smallest absolute Gasteiger partial charge is 0.107 e. The van der Waals surface area contributed by atoms with Gasteiger partial charge in [0.15, 0.2) is 0 Å². The lowest BCUT2D eigenvalue weighted by Gasteiger charge is -2.55. The summed E-state index contributed by atoms with van der Waals surface area (Å²) < 4.78 is 0. The van der Waals surface area contributed by atoms with Crippen LogP contribution in [0.3, 0.4) is 0 Å². The minimum absolute atomic E-state index is 0.0319. The number of unbranched alkanes of at least 4 members (excludes halogenated alkanes) is 7. The number of aliphatic hydroxyl groups is 2. The van der Waals surface area contributed by atoms with Gasteiger partial charge in [0, 0.05) is 50.8 Å². The number of hydrogen-bond donors (Lipinski definition) is 4. The van der Waals surface area contributed by atoms with Crippen LogP contribution in [0.2, 0.25) is 0 Å². The minimum atomic E-state index is -0.347. The zero-order valence-corrected chi connectivity index (χ0v) is 31.5. The van der Waals surface area contributed by atoms with Crippen molar-refractivity contribution < 1.29 is 10.2 Å². The summed E-state index contributed by atoms with van der Waals surface area (Å²) in [6.07, 6.45) is 36.4. The molecule has 2 heterocycles. The van der Waals surface area contributed by atoms with Crippen LogP contribution in [0.4, 0.5) is 0 Å². The third-order valence-electron chi connectivity index (χ3n) is 12.1. The average molecular weight is 663 g/mol. The summed E-state index contributed by atoms with van der Waals surface area (Å²) in [5.41, 5.74) is -0.0319. The van der Waals surface area contributed by atoms with Crippen LogP contribution in [-0.2, 0) is 0 Å². The third-order valence-corrected chi connectivity index (χ3v) is 12.1. The second kappa shape index (κ2) is 26.6. The second-order valence-corrected chi connectivity index (χ2v) is 15.9. The zero-order valence-electron chi connectivity index (χ0n) is 31.5. The molecule has 47 heavy (non-hydrogen) atoms. The first kappa shape index (κ1) is 41.2. The monoisotopic (exact) mass is 663 g/mol. The molecule has 0 radical (unpaired) electrons. The van der Waals surface area contributed by atoms with Crippen LogP contribution >= 0.6 is 0 Å². The fourth-order valence-electron chi connectivity index (χ4n) is 9.23. The fraction of sp³-hybridized carbons (Fsp3) is 1.00. The van der Waals surface area contributed by atoms with Crippen molar-refractivity contribution in [2.24, 2.45) is 0 Å². The van der Waals surface area contributed by atoms with E-state index >= 15 is 0 Å². The number of hydrogen-bond acceptors (Lipinski definition) is 6. The molecule has 0 amide bonds. The van der Waals surface area contributed by atoms with Crippen molar-refractivity contribution in [3.63, 3.8) is 0 Å². The first-order chi connectivity index (χ1) is 23.2. The van der Waals surface area contributed by atoms with Gasteiger partial charge >= 0.3 is 0 Å². The highest BCUT2D eigenvalue weighted by atomic mass is 16.3. The molecule has 0 spiro atoms. The van der Waals surface area contributed by atoms with Gasteiger partial charge in [-0.2, -0.15) is 0 Å². The normalized spacial score (nSPS) is 28.4. The molecule has 4 N–H and O–H groups in total. The Morgan fingerprint density at radius 3 is 1.89 bits per heavy atom. The summed E-state index contributed by atoms with van der Waals surface area (Å²) in [4.78, 5) is 5.55. The highest BCUT2D eigenvalue weighted by Gasteiger charge is 2.47. The van der Waals surface area contributed by atoms with Gasteiger partial charge in [-0.25, -0.2) is 0 Å². The van der Waals surface area contributed by atoms with Gasteiger partial charge in [-0.15, -0.1) is 0 Å². The Bertz CT molecular complexity index is 720. The van der Waals surface area contributed by atoms with Crippen LogP contribution < -0.4 is 10.6 Å². The van der Waals surface area contributed by atoms with Crippen molar-refractivity contribution in [2.45, 2.75) is 217 Å². The molecule has 3 fully saturated rings. The highest BCUT2D eigenvalue weighted by molar-refractivity contribution is 5.04. The fourth-order valence-corrected chi connectivity index (χ4v) is 9.23. The van der Waals surface area contributed by atoms with Crippen molar-refractivity contribution in [2.75, 3.05) is 45.8 Å². The Balaban J connectivity index is 1.74. The SMILES string of the molecule is CCCCCCCCCCC(O)CNCCC1(N2CCCCCCCCCCC2O)CCCCCCCCCCC1N1CCNCC1. The molecule has 0 aromatic heterocycles. The average Bonchev–Trinajstić information content (AvgIpc) is 3.07. The summed E-state index contributed by atoms with van der Waals surface area (Å²) in [6, 6.07) is 0.482. The summed E-state index contributed by atoms with van der Waals surface area (Å²) in [5, 5.41) is 30.5. The predicted molar refractivity (Wildman–Crippen MR) is 202 cm³/mol. The molecule has 1 aliphatic carbocycles. The predicted octanol–water partition coefficient (Wildman–Crippen LogP) is 8.93. The molecule has 4 atom stereocenters. The van der Waals surface area contributed by atoms with Gasteiger partial charge in [0.25, 0.3) is 0 Å². The number of aliphatic hydroxyl groups excluding tert-OH is 2. The van der Waals surface area contributed by atoms with Crippen molar-refractivity contribution in [3.8, 4) is 0 Å². The molecule has 0 aromatic rings. The topological polar surface area (TPSA) is 71.0 Å². The molecular formula is C41H82N4O2. The molecule has 6 heteroatoms. The molecule has 0 bridgehead atoms. The molecule has 3 rings (SSSR count). The van der Waals surface area contributed by atoms with Crippen LogP contribution in [0.1, 0.15) is 193 Å². The molecule has 6 nitrogen and oxygen atoms in total. The number of piperazine rings is 1. The maximum Gasteiger partial charge on any atom is 0.107 e. The van der Waals surface area contributed by atoms with Crippen LogP contribution in [0.5, 0.6) is 0 Å². The van der Waals surface area contributed by atoms with Crippen molar-refractivity contribution in [1.82, 2.24) is 20.4 Å². The van der Waals surface area contributed by atoms with Gasteiger partial charge in [0.1, 0.15) is 6.23 Å². The Labute approximate surface area is 293 Å². The van der Waals surface area contributed by atoms with E-state index < -0.39 is 0 Å². The van der Waals surface area contributed by atoms with E-state index in [9.17, 15) is 10.2 Å². The first-order valence-electron chi connectivity index (χ1n) is 21.5. The van der Waals surface area contributed by atoms with E-state index in [2.05, 4.69) is 27.4 Å². The van der Waals surface area contributed by atoms with Gasteiger partial charge in [-0.3, -0.25) is 9.80 Å². The molecule has 2 saturated heterocycles. The van der Waals surface area contributed by atoms with Gasteiger partial charge in [-0.1, -0.05) is 148 Å². The van der Waals surface area contributed by atoms with E-state index in [1.807, 2.05) is 0 Å². The lowest BCUT2D eigenvalue weighted by atomic mass is 9.75. The van der Waals surface area contributed by atoms with E-state index in [0.717, 1.165) is 71.4 Å². The Morgan fingerprint density at radius 2 is 1.23 bits per heavy atom. The first-order valence-corrected chi connectivity index (χ1v) is 21.5. The summed E-state index contributed by atoms with van der Waals surface area (Å²) in [6.45, 7) is 9.36. The van der Waals surface area contributed by atoms with Crippen LogP contribution in [-0.4, -0.2) is 89.7 Å². The van der Waals surface area contributed by atoms with Crippen LogP contribution in [0, 0.1) is 0 Å². The maximum absolute atomic E-state index is 12.2. The largest absolute Gasteiger partial charge is 0.392 e. The van der Waals surface area contributed by atoms with Crippen molar-refractivity contribution in [1.29, 1.82) is 0 Å². The Morgan fingerprint density at radius 1 is 0.681 bits per heavy atom. The molecule has 0 aromatic carbocycles. The summed E-state index contributed by atoms with van der Waals surface area (Å²) in [5.74, 6) is 0. The summed E-state index contributed by atoms with van der Waals surface area (Å²) >= 11 is 0. The lowest BCUT2D eigenvalue weighted by Crippen LogP contribution is -2.67. The van der Waals surface area contributed by atoms with E-state index in [4.69, 9.17) is 0 Å². The van der Waals surface area contributed by atoms with E-state index in [1.165, 1.54) is 154 Å². The Kier molecular flexibility index (Phi) is 23.3. The molecule has 4 unspecified atom stereocenters. The van der Waals surface area contributed by atoms with Crippen LogP contribution in [0.15, 0.2) is 0 Å². The van der Waals surface area contributed by atoms with Crippen molar-refractivity contribution >= 4 is 0 Å². The maximum atomic E-state index is 12.2. The molecule has 278 valence electrons. The third kappa shape index (κ3) is 16.6. The molecule has 3 aliphatic rings. The van der Waals surface area contributed by atoms with E-state index in [1.54, 1.807) is 0 Å². The minimum Gasteiger partial charge on any atom is -0.392 e. The number of nitrogens with zero attached hydrogens (tertiary/aromatic N) is 2. The second-order valence-electron chi connectivity index (χ2n) is 15.9. The quantitative estimate of drug-likeness (QED) is 0.124. The number of nitrogens with one attached hydrogen (secondary N) is 2. The Hall–Kier alpha value is -0.240. The van der Waals surface area contributed by atoms with Gasteiger partial charge in [0.2, 0.25) is 0 Å². The van der Waals surface area contributed by atoms with Gasteiger partial charge < -0.3 is 20.8 Å². The zero-order chi connectivity index (χ0) is 33.3. The number of rotatable bonds is 16. The molecule has 1 saturated carbocycles. The standard InChI is InChI=1S/C41H82N4O2/c1-2-3-4-5-6-11-16-21-26-38(46)37-43-31-30-41(45-34-25-20-15-10-8-13-18-23-28-40(45)47)29-24-19-14-9-7-12-17-22-27-39(41)44-35-32-42-33-36-44/h38-40,42-43,46-47H,2-37H2,1H3. The van der Waals surface area contributed by atoms with E-state index in [-0.39, 0.29) is 17.9 Å². The van der Waals surface area contributed by atoms with E-state index in [0.29, 0.717) is 12.6 Å². The molecule has 2 aliphatic heterocycles. The van der Waals surface area contributed by atoms with Crippen molar-refractivity contribution in [3.05, 3.63) is 0 Å². The van der Waals surface area contributed by atoms with Gasteiger partial charge in [0.05, 0.1) is 6.10 Å². The van der Waals surface area contributed by atoms with Crippen LogP contribution in [0.25, 0.3) is 0 Å². The lowest BCUT2D eigenvalue weighted by molar-refractivity contribution is -0.119. The highest BCUT2D eigenvalue weighted by Crippen LogP contribution is 2.39. The summed E-state index contributed by atoms with van der Waals surface area (Å²) in [7, 11) is 0.